The SMILES string of the molecule is O=C(NCc1cc(F)cc(C(F)(F)F)c1)[C@@]1(C/C=C/c2ccccc2)COC(c2ccc(OCCCO)cc2)=N1. The Bertz CT molecular complexity index is 1360. The number of carbonyl (C=O) groups is 1. The molecular weight excluding hydrogens is 528 g/mol. The van der Waals surface area contributed by atoms with Crippen molar-refractivity contribution in [3.8, 4) is 5.75 Å². The van der Waals surface area contributed by atoms with Crippen LogP contribution in [-0.4, -0.2) is 42.3 Å². The van der Waals surface area contributed by atoms with E-state index in [0.717, 1.165) is 17.7 Å². The van der Waals surface area contributed by atoms with Crippen molar-refractivity contribution < 1.29 is 36.9 Å². The molecule has 6 nitrogen and oxygen atoms in total. The van der Waals surface area contributed by atoms with Gasteiger partial charge in [0.1, 0.15) is 18.2 Å². The molecule has 1 aliphatic heterocycles. The lowest BCUT2D eigenvalue weighted by atomic mass is 9.95. The van der Waals surface area contributed by atoms with Gasteiger partial charge in [0.05, 0.1) is 12.2 Å². The van der Waals surface area contributed by atoms with Gasteiger partial charge in [0.2, 0.25) is 5.90 Å². The van der Waals surface area contributed by atoms with Crippen molar-refractivity contribution in [3.63, 3.8) is 0 Å². The predicted molar refractivity (Wildman–Crippen MR) is 142 cm³/mol. The van der Waals surface area contributed by atoms with Crippen LogP contribution in [-0.2, 0) is 22.3 Å². The highest BCUT2D eigenvalue weighted by atomic mass is 19.4. The van der Waals surface area contributed by atoms with Crippen LogP contribution >= 0.6 is 0 Å². The summed E-state index contributed by atoms with van der Waals surface area (Å²) in [5, 5.41) is 11.5. The average Bonchev–Trinajstić information content (AvgIpc) is 3.38. The van der Waals surface area contributed by atoms with Gasteiger partial charge in [-0.05, 0) is 53.6 Å². The first-order chi connectivity index (χ1) is 19.2. The lowest BCUT2D eigenvalue weighted by molar-refractivity contribution is -0.137. The molecule has 1 heterocycles. The van der Waals surface area contributed by atoms with Crippen molar-refractivity contribution in [2.24, 2.45) is 4.99 Å². The van der Waals surface area contributed by atoms with Crippen LogP contribution in [0.3, 0.4) is 0 Å². The number of nitrogens with one attached hydrogen (secondary N) is 1. The Morgan fingerprint density at radius 2 is 1.85 bits per heavy atom. The molecule has 0 saturated heterocycles. The van der Waals surface area contributed by atoms with E-state index in [4.69, 9.17) is 14.6 Å². The molecule has 0 radical (unpaired) electrons. The Balaban J connectivity index is 1.55. The molecule has 1 atom stereocenters. The number of alkyl halides is 3. The summed E-state index contributed by atoms with van der Waals surface area (Å²) in [6.07, 6.45) is -0.451. The van der Waals surface area contributed by atoms with Crippen molar-refractivity contribution in [2.45, 2.75) is 31.1 Å². The van der Waals surface area contributed by atoms with E-state index in [1.54, 1.807) is 30.3 Å². The van der Waals surface area contributed by atoms with Crippen LogP contribution in [0.1, 0.15) is 35.1 Å². The Labute approximate surface area is 229 Å². The van der Waals surface area contributed by atoms with Crippen LogP contribution < -0.4 is 10.1 Å². The summed E-state index contributed by atoms with van der Waals surface area (Å²) < 4.78 is 64.6. The highest BCUT2D eigenvalue weighted by Crippen LogP contribution is 2.31. The third-order valence-corrected chi connectivity index (χ3v) is 6.16. The van der Waals surface area contributed by atoms with E-state index < -0.39 is 29.0 Å². The van der Waals surface area contributed by atoms with Gasteiger partial charge < -0.3 is 19.9 Å². The molecule has 1 amide bonds. The van der Waals surface area contributed by atoms with E-state index in [2.05, 4.69) is 10.3 Å². The number of amides is 1. The fourth-order valence-corrected chi connectivity index (χ4v) is 4.07. The second-order valence-electron chi connectivity index (χ2n) is 9.23. The number of aliphatic imine (C=N–C) groups is 1. The van der Waals surface area contributed by atoms with Crippen molar-refractivity contribution in [1.29, 1.82) is 0 Å². The molecule has 3 aromatic rings. The molecule has 0 fully saturated rings. The number of hydrogen-bond acceptors (Lipinski definition) is 5. The summed E-state index contributed by atoms with van der Waals surface area (Å²) in [5.74, 6) is -0.788. The van der Waals surface area contributed by atoms with Gasteiger partial charge in [0.15, 0.2) is 5.54 Å². The zero-order chi connectivity index (χ0) is 28.6. The van der Waals surface area contributed by atoms with Crippen molar-refractivity contribution in [1.82, 2.24) is 5.32 Å². The summed E-state index contributed by atoms with van der Waals surface area (Å²) in [6, 6.07) is 18.5. The van der Waals surface area contributed by atoms with E-state index in [9.17, 15) is 22.4 Å². The molecule has 0 bridgehead atoms. The van der Waals surface area contributed by atoms with E-state index >= 15 is 0 Å². The van der Waals surface area contributed by atoms with Crippen molar-refractivity contribution in [2.75, 3.05) is 19.8 Å². The molecule has 0 saturated carbocycles. The molecule has 40 heavy (non-hydrogen) atoms. The zero-order valence-corrected chi connectivity index (χ0v) is 21.5. The standard InChI is InChI=1S/C30H28F4N2O4/c31-25-17-22(16-24(18-25)30(32,33)34)19-35-28(38)29(13-4-8-21-6-2-1-3-7-21)20-40-27(36-29)23-9-11-26(12-10-23)39-15-5-14-37/h1-4,6-12,16-18,37H,5,13-15,19-20H2,(H,35,38)/b8-4+/t29-/m1/s1. The molecule has 0 spiro atoms. The molecule has 10 heteroatoms. The minimum atomic E-state index is -4.72. The van der Waals surface area contributed by atoms with Crippen LogP contribution in [0.2, 0.25) is 0 Å². The van der Waals surface area contributed by atoms with Gasteiger partial charge in [0.25, 0.3) is 5.91 Å². The van der Waals surface area contributed by atoms with Gasteiger partial charge in [-0.25, -0.2) is 9.38 Å². The smallest absolute Gasteiger partial charge is 0.416 e. The molecule has 2 N–H and O–H groups in total. The molecule has 0 unspecified atom stereocenters. The van der Waals surface area contributed by atoms with E-state index in [1.807, 2.05) is 36.4 Å². The maximum atomic E-state index is 13.9. The molecule has 3 aromatic carbocycles. The van der Waals surface area contributed by atoms with Gasteiger partial charge in [-0.15, -0.1) is 0 Å². The number of nitrogens with zero attached hydrogens (tertiary/aromatic N) is 1. The van der Waals surface area contributed by atoms with E-state index in [1.165, 1.54) is 0 Å². The molecule has 4 rings (SSSR count). The maximum Gasteiger partial charge on any atom is 0.416 e. The third-order valence-electron chi connectivity index (χ3n) is 6.16. The Hall–Kier alpha value is -4.18. The number of benzene rings is 3. The first-order valence-electron chi connectivity index (χ1n) is 12.6. The molecule has 0 aromatic heterocycles. The number of rotatable bonds is 11. The molecule has 0 aliphatic carbocycles. The zero-order valence-electron chi connectivity index (χ0n) is 21.5. The van der Waals surface area contributed by atoms with Crippen LogP contribution in [0, 0.1) is 5.82 Å². The summed E-state index contributed by atoms with van der Waals surface area (Å²) in [6.45, 7) is -0.0397. The van der Waals surface area contributed by atoms with Crippen LogP contribution in [0.15, 0.2) is 83.9 Å². The lowest BCUT2D eigenvalue weighted by Crippen LogP contribution is -2.46. The summed E-state index contributed by atoms with van der Waals surface area (Å²) in [7, 11) is 0. The molecule has 1 aliphatic rings. The third kappa shape index (κ3) is 7.47. The van der Waals surface area contributed by atoms with E-state index in [0.29, 0.717) is 30.4 Å². The fraction of sp³-hybridized carbons (Fsp3) is 0.267. The van der Waals surface area contributed by atoms with Gasteiger partial charge in [-0.1, -0.05) is 42.5 Å². The van der Waals surface area contributed by atoms with Gasteiger partial charge in [-0.3, -0.25) is 4.79 Å². The Morgan fingerprint density at radius 1 is 1.10 bits per heavy atom. The average molecular weight is 557 g/mol. The summed E-state index contributed by atoms with van der Waals surface area (Å²) >= 11 is 0. The van der Waals surface area contributed by atoms with Crippen molar-refractivity contribution in [3.05, 3.63) is 107 Å². The highest BCUT2D eigenvalue weighted by Gasteiger charge is 2.43. The largest absolute Gasteiger partial charge is 0.494 e. The Morgan fingerprint density at radius 3 is 2.55 bits per heavy atom. The number of ether oxygens (including phenoxy) is 2. The van der Waals surface area contributed by atoms with Crippen LogP contribution in [0.4, 0.5) is 17.6 Å². The first kappa shape index (κ1) is 28.8. The number of aliphatic hydroxyl groups is 1. The second kappa shape index (κ2) is 12.8. The maximum absolute atomic E-state index is 13.9. The summed E-state index contributed by atoms with van der Waals surface area (Å²) in [4.78, 5) is 18.1. The minimum Gasteiger partial charge on any atom is -0.494 e. The van der Waals surface area contributed by atoms with Crippen LogP contribution in [0.5, 0.6) is 5.75 Å². The first-order valence-corrected chi connectivity index (χ1v) is 12.6. The van der Waals surface area contributed by atoms with Gasteiger partial charge in [-0.2, -0.15) is 13.2 Å². The lowest BCUT2D eigenvalue weighted by Gasteiger charge is -2.22. The van der Waals surface area contributed by atoms with E-state index in [-0.39, 0.29) is 37.6 Å². The Kier molecular flexibility index (Phi) is 9.21. The number of aliphatic hydroxyl groups excluding tert-OH is 1. The number of carbonyl (C=O) groups excluding carboxylic acids is 1. The minimum absolute atomic E-state index is 0.0221. The highest BCUT2D eigenvalue weighted by molar-refractivity contribution is 6.00. The summed E-state index contributed by atoms with van der Waals surface area (Å²) in [5.41, 5.74) is -1.04. The number of halogens is 4. The molecular formula is C30H28F4N2O4. The predicted octanol–water partition coefficient (Wildman–Crippen LogP) is 5.54. The normalized spacial score (nSPS) is 17.0. The topological polar surface area (TPSA) is 80.2 Å². The van der Waals surface area contributed by atoms with Gasteiger partial charge in [0, 0.05) is 31.6 Å². The van der Waals surface area contributed by atoms with Crippen LogP contribution in [0.25, 0.3) is 6.08 Å². The molecule has 210 valence electrons. The van der Waals surface area contributed by atoms with Crippen molar-refractivity contribution >= 4 is 17.9 Å². The number of hydrogen-bond donors (Lipinski definition) is 2. The monoisotopic (exact) mass is 556 g/mol. The quantitative estimate of drug-likeness (QED) is 0.240. The van der Waals surface area contributed by atoms with Gasteiger partial charge >= 0.3 is 6.18 Å². The second-order valence-corrected chi connectivity index (χ2v) is 9.23. The fourth-order valence-electron chi connectivity index (χ4n) is 4.07.